The topological polar surface area (TPSA) is 75.4 Å². The van der Waals surface area contributed by atoms with Gasteiger partial charge in [-0.15, -0.1) is 0 Å². The van der Waals surface area contributed by atoms with Crippen molar-refractivity contribution in [1.29, 1.82) is 0 Å². The van der Waals surface area contributed by atoms with Gasteiger partial charge in [0.2, 0.25) is 5.91 Å². The van der Waals surface area contributed by atoms with Gasteiger partial charge in [-0.3, -0.25) is 4.79 Å². The Morgan fingerprint density at radius 1 is 1.43 bits per heavy atom. The summed E-state index contributed by atoms with van der Waals surface area (Å²) >= 11 is 0. The molecule has 4 heteroatoms. The van der Waals surface area contributed by atoms with Crippen LogP contribution in [0.25, 0.3) is 0 Å². The van der Waals surface area contributed by atoms with Gasteiger partial charge in [-0.25, -0.2) is 0 Å². The van der Waals surface area contributed by atoms with Crippen molar-refractivity contribution in [1.82, 2.24) is 5.32 Å². The summed E-state index contributed by atoms with van der Waals surface area (Å²) in [5.74, 6) is 0.298. The molecule has 0 fully saturated rings. The first-order chi connectivity index (χ1) is 6.47. The minimum atomic E-state index is -0.114. The van der Waals surface area contributed by atoms with Gasteiger partial charge in [-0.05, 0) is 19.3 Å². The molecule has 0 saturated heterocycles. The van der Waals surface area contributed by atoms with Crippen molar-refractivity contribution in [2.45, 2.75) is 45.7 Å². The molecule has 2 unspecified atom stereocenters. The molecule has 0 radical (unpaired) electrons. The predicted octanol–water partition coefficient (Wildman–Crippen LogP) is 0.247. The molecule has 0 aliphatic carbocycles. The molecule has 0 heterocycles. The van der Waals surface area contributed by atoms with E-state index in [-0.39, 0.29) is 24.6 Å². The molecule has 4 nitrogen and oxygen atoms in total. The van der Waals surface area contributed by atoms with Crippen molar-refractivity contribution in [3.63, 3.8) is 0 Å². The lowest BCUT2D eigenvalue weighted by atomic mass is 10.0. The summed E-state index contributed by atoms with van der Waals surface area (Å²) in [7, 11) is 0. The fourth-order valence-electron chi connectivity index (χ4n) is 1.27. The van der Waals surface area contributed by atoms with Crippen LogP contribution in [-0.4, -0.2) is 29.7 Å². The van der Waals surface area contributed by atoms with Crippen LogP contribution in [0.4, 0.5) is 0 Å². The van der Waals surface area contributed by atoms with Crippen LogP contribution in [0.15, 0.2) is 0 Å². The number of rotatable bonds is 6. The highest BCUT2D eigenvalue weighted by Gasteiger charge is 2.15. The van der Waals surface area contributed by atoms with E-state index < -0.39 is 0 Å². The summed E-state index contributed by atoms with van der Waals surface area (Å²) in [4.78, 5) is 11.4. The molecule has 4 N–H and O–H groups in total. The molecule has 0 aliphatic rings. The molecule has 14 heavy (non-hydrogen) atoms. The Hall–Kier alpha value is -0.610. The second-order valence-electron chi connectivity index (χ2n) is 4.11. The zero-order valence-corrected chi connectivity index (χ0v) is 9.29. The number of nitrogens with two attached hydrogens (primary N) is 1. The van der Waals surface area contributed by atoms with Gasteiger partial charge in [-0.1, -0.05) is 13.8 Å². The predicted molar refractivity (Wildman–Crippen MR) is 56.7 cm³/mol. The lowest BCUT2D eigenvalue weighted by Crippen LogP contribution is -2.41. The minimum Gasteiger partial charge on any atom is -0.396 e. The molecule has 0 aromatic rings. The Kier molecular flexibility index (Phi) is 6.49. The smallest absolute Gasteiger partial charge is 0.221 e. The van der Waals surface area contributed by atoms with Crippen molar-refractivity contribution in [3.8, 4) is 0 Å². The standard InChI is InChI=1S/C10H22N2O2/c1-7(2)9(4-5-13)12-10(14)6-8(3)11/h7-9,13H,4-6,11H2,1-3H3,(H,12,14). The largest absolute Gasteiger partial charge is 0.396 e. The molecule has 0 aromatic heterocycles. The highest BCUT2D eigenvalue weighted by atomic mass is 16.3. The molecule has 0 saturated carbocycles. The maximum absolute atomic E-state index is 11.4. The zero-order chi connectivity index (χ0) is 11.1. The lowest BCUT2D eigenvalue weighted by Gasteiger charge is -2.21. The average Bonchev–Trinajstić information content (AvgIpc) is 2.01. The van der Waals surface area contributed by atoms with E-state index in [0.29, 0.717) is 18.8 Å². The molecular formula is C10H22N2O2. The Balaban J connectivity index is 3.96. The monoisotopic (exact) mass is 202 g/mol. The third-order valence-corrected chi connectivity index (χ3v) is 2.10. The zero-order valence-electron chi connectivity index (χ0n) is 9.29. The second-order valence-corrected chi connectivity index (χ2v) is 4.11. The number of carbonyl (C=O) groups excluding carboxylic acids is 1. The van der Waals surface area contributed by atoms with E-state index in [4.69, 9.17) is 10.8 Å². The van der Waals surface area contributed by atoms with E-state index in [9.17, 15) is 4.79 Å². The van der Waals surface area contributed by atoms with Crippen LogP contribution in [0.2, 0.25) is 0 Å². The average molecular weight is 202 g/mol. The number of carbonyl (C=O) groups is 1. The molecule has 0 aliphatic heterocycles. The number of amides is 1. The minimum absolute atomic E-state index is 0.0350. The van der Waals surface area contributed by atoms with Crippen LogP contribution in [0.5, 0.6) is 0 Å². The van der Waals surface area contributed by atoms with E-state index in [1.165, 1.54) is 0 Å². The summed E-state index contributed by atoms with van der Waals surface area (Å²) in [5, 5.41) is 11.7. The number of nitrogens with one attached hydrogen (secondary N) is 1. The third kappa shape index (κ3) is 5.94. The van der Waals surface area contributed by atoms with Crippen LogP contribution in [0, 0.1) is 5.92 Å². The third-order valence-electron chi connectivity index (χ3n) is 2.10. The highest BCUT2D eigenvalue weighted by molar-refractivity contribution is 5.76. The van der Waals surface area contributed by atoms with Crippen molar-refractivity contribution in [3.05, 3.63) is 0 Å². The van der Waals surface area contributed by atoms with E-state index in [2.05, 4.69) is 5.32 Å². The summed E-state index contributed by atoms with van der Waals surface area (Å²) < 4.78 is 0. The molecule has 1 amide bonds. The maximum atomic E-state index is 11.4. The number of hydrogen-bond donors (Lipinski definition) is 3. The Morgan fingerprint density at radius 2 is 2.00 bits per heavy atom. The Morgan fingerprint density at radius 3 is 2.36 bits per heavy atom. The summed E-state index contributed by atoms with van der Waals surface area (Å²) in [6.07, 6.45) is 0.941. The van der Waals surface area contributed by atoms with Gasteiger partial charge in [0, 0.05) is 25.1 Å². The molecule has 0 aromatic carbocycles. The number of aliphatic hydroxyl groups is 1. The lowest BCUT2D eigenvalue weighted by molar-refractivity contribution is -0.122. The molecule has 0 spiro atoms. The van der Waals surface area contributed by atoms with Gasteiger partial charge in [0.25, 0.3) is 0 Å². The van der Waals surface area contributed by atoms with Crippen molar-refractivity contribution in [2.24, 2.45) is 11.7 Å². The van der Waals surface area contributed by atoms with Crippen molar-refractivity contribution >= 4 is 5.91 Å². The first-order valence-electron chi connectivity index (χ1n) is 5.13. The van der Waals surface area contributed by atoms with E-state index >= 15 is 0 Å². The summed E-state index contributed by atoms with van der Waals surface area (Å²) in [6.45, 7) is 5.94. The normalized spacial score (nSPS) is 15.3. The highest BCUT2D eigenvalue weighted by Crippen LogP contribution is 2.05. The van der Waals surface area contributed by atoms with Crippen LogP contribution in [-0.2, 0) is 4.79 Å². The molecular weight excluding hydrogens is 180 g/mol. The Bertz CT molecular complexity index is 170. The number of hydrogen-bond acceptors (Lipinski definition) is 3. The van der Waals surface area contributed by atoms with E-state index in [0.717, 1.165) is 0 Å². The fourth-order valence-corrected chi connectivity index (χ4v) is 1.27. The number of aliphatic hydroxyl groups excluding tert-OH is 1. The van der Waals surface area contributed by atoms with Gasteiger partial charge >= 0.3 is 0 Å². The summed E-state index contributed by atoms with van der Waals surface area (Å²) in [5.41, 5.74) is 5.51. The quantitative estimate of drug-likeness (QED) is 0.578. The molecule has 2 atom stereocenters. The molecule has 0 bridgehead atoms. The summed E-state index contributed by atoms with van der Waals surface area (Å²) in [6, 6.07) is -0.0665. The van der Waals surface area contributed by atoms with Gasteiger partial charge in [-0.2, -0.15) is 0 Å². The fraction of sp³-hybridized carbons (Fsp3) is 0.900. The van der Waals surface area contributed by atoms with E-state index in [1.54, 1.807) is 6.92 Å². The van der Waals surface area contributed by atoms with Gasteiger partial charge < -0.3 is 16.2 Å². The Labute approximate surface area is 85.9 Å². The van der Waals surface area contributed by atoms with Gasteiger partial charge in [0.1, 0.15) is 0 Å². The van der Waals surface area contributed by atoms with Crippen LogP contribution in [0.1, 0.15) is 33.6 Å². The van der Waals surface area contributed by atoms with Gasteiger partial charge in [0.05, 0.1) is 0 Å². The van der Waals surface area contributed by atoms with Crippen LogP contribution in [0.3, 0.4) is 0 Å². The van der Waals surface area contributed by atoms with Gasteiger partial charge in [0.15, 0.2) is 0 Å². The first kappa shape index (κ1) is 13.4. The van der Waals surface area contributed by atoms with E-state index in [1.807, 2.05) is 13.8 Å². The van der Waals surface area contributed by atoms with Crippen LogP contribution >= 0.6 is 0 Å². The molecule has 84 valence electrons. The maximum Gasteiger partial charge on any atom is 0.221 e. The van der Waals surface area contributed by atoms with Crippen molar-refractivity contribution < 1.29 is 9.90 Å². The second kappa shape index (κ2) is 6.79. The molecule has 0 rings (SSSR count). The first-order valence-corrected chi connectivity index (χ1v) is 5.13. The SMILES string of the molecule is CC(N)CC(=O)NC(CCO)C(C)C. The van der Waals surface area contributed by atoms with Crippen LogP contribution < -0.4 is 11.1 Å². The van der Waals surface area contributed by atoms with Crippen molar-refractivity contribution in [2.75, 3.05) is 6.61 Å².